The van der Waals surface area contributed by atoms with Gasteiger partial charge >= 0.3 is 5.97 Å². The Bertz CT molecular complexity index is 1180. The molecule has 0 aliphatic carbocycles. The summed E-state index contributed by atoms with van der Waals surface area (Å²) in [5.41, 5.74) is 8.02. The Morgan fingerprint density at radius 2 is 1.36 bits per heavy atom. The maximum atomic E-state index is 13.8. The number of nitrogens with one attached hydrogen (secondary N) is 3. The van der Waals surface area contributed by atoms with Crippen LogP contribution in [-0.2, 0) is 20.7 Å². The second kappa shape index (κ2) is 12.3. The third kappa shape index (κ3) is 7.51. The molecule has 3 aromatic carbocycles. The van der Waals surface area contributed by atoms with Gasteiger partial charge < -0.3 is 10.1 Å². The van der Waals surface area contributed by atoms with E-state index in [0.29, 0.717) is 5.57 Å². The van der Waals surface area contributed by atoms with E-state index in [0.717, 1.165) is 16.7 Å². The highest BCUT2D eigenvalue weighted by Crippen LogP contribution is 2.26. The maximum Gasteiger partial charge on any atom is 0.329 e. The fourth-order valence-electron chi connectivity index (χ4n) is 3.64. The van der Waals surface area contributed by atoms with Crippen LogP contribution in [0.15, 0.2) is 96.7 Å². The van der Waals surface area contributed by atoms with Crippen molar-refractivity contribution in [3.8, 4) is 12.5 Å². The van der Waals surface area contributed by atoms with E-state index in [1.165, 1.54) is 0 Å². The Morgan fingerprint density at radius 3 is 1.83 bits per heavy atom. The molecule has 1 atom stereocenters. The molecule has 0 aliphatic heterocycles. The standard InChI is InChI=1S/C30H31N3O3/c1-5-31-33-27(26(23-17-11-7-12-18-23)24-19-13-8-14-20-24)28(34)32-25(29(35)36-30(2,3)4)21-22-15-9-6-10-16-22/h1,6-20,25,31,33H,21H2,2-4H3,(H,32,34)/t25-/m1/s1. The van der Waals surface area contributed by atoms with E-state index in [1.54, 1.807) is 20.8 Å². The number of hydrazine groups is 1. The van der Waals surface area contributed by atoms with Crippen molar-refractivity contribution in [3.05, 3.63) is 113 Å². The smallest absolute Gasteiger partial charge is 0.329 e. The summed E-state index contributed by atoms with van der Waals surface area (Å²) in [6.45, 7) is 5.37. The molecule has 0 radical (unpaired) electrons. The molecule has 1 amide bonds. The average Bonchev–Trinajstić information content (AvgIpc) is 2.86. The number of carbonyl (C=O) groups is 2. The van der Waals surface area contributed by atoms with Gasteiger partial charge in [0, 0.05) is 18.0 Å². The normalized spacial score (nSPS) is 11.4. The van der Waals surface area contributed by atoms with Gasteiger partial charge in [-0.3, -0.25) is 15.6 Å². The van der Waals surface area contributed by atoms with Gasteiger partial charge in [0.2, 0.25) is 0 Å². The van der Waals surface area contributed by atoms with Crippen molar-refractivity contribution in [1.29, 1.82) is 0 Å². The number of esters is 1. The highest BCUT2D eigenvalue weighted by Gasteiger charge is 2.29. The highest BCUT2D eigenvalue weighted by molar-refractivity contribution is 6.05. The van der Waals surface area contributed by atoms with Crippen LogP contribution in [0.2, 0.25) is 0 Å². The molecule has 0 saturated heterocycles. The van der Waals surface area contributed by atoms with Crippen molar-refractivity contribution in [2.45, 2.75) is 38.8 Å². The number of amides is 1. The van der Waals surface area contributed by atoms with Crippen LogP contribution in [0.5, 0.6) is 0 Å². The minimum Gasteiger partial charge on any atom is -0.458 e. The van der Waals surface area contributed by atoms with E-state index < -0.39 is 23.5 Å². The molecular weight excluding hydrogens is 450 g/mol. The SMILES string of the molecule is C#CNNC(C(=O)N[C@H](Cc1ccccc1)C(=O)OC(C)(C)C)=C(c1ccccc1)c1ccccc1. The number of carbonyl (C=O) groups excluding carboxylic acids is 2. The Balaban J connectivity index is 2.06. The van der Waals surface area contributed by atoms with Crippen LogP contribution in [0, 0.1) is 12.5 Å². The summed E-state index contributed by atoms with van der Waals surface area (Å²) in [5, 5.41) is 2.87. The van der Waals surface area contributed by atoms with Gasteiger partial charge in [-0.05, 0) is 37.5 Å². The lowest BCUT2D eigenvalue weighted by atomic mass is 9.95. The molecule has 0 spiro atoms. The van der Waals surface area contributed by atoms with Crippen LogP contribution >= 0.6 is 0 Å². The zero-order valence-corrected chi connectivity index (χ0v) is 20.7. The van der Waals surface area contributed by atoms with Crippen molar-refractivity contribution >= 4 is 17.4 Å². The number of rotatable bonds is 9. The first-order valence-corrected chi connectivity index (χ1v) is 11.7. The molecule has 6 nitrogen and oxygen atoms in total. The minimum absolute atomic E-state index is 0.173. The highest BCUT2D eigenvalue weighted by atomic mass is 16.6. The molecule has 0 fully saturated rings. The van der Waals surface area contributed by atoms with Gasteiger partial charge in [-0.25, -0.2) is 4.79 Å². The monoisotopic (exact) mass is 481 g/mol. The molecule has 0 saturated carbocycles. The van der Waals surface area contributed by atoms with Gasteiger partial charge in [-0.15, -0.1) is 0 Å². The molecule has 0 aromatic heterocycles. The van der Waals surface area contributed by atoms with E-state index >= 15 is 0 Å². The molecular formula is C30H31N3O3. The summed E-state index contributed by atoms with van der Waals surface area (Å²) in [7, 11) is 0. The van der Waals surface area contributed by atoms with Crippen molar-refractivity contribution in [2.24, 2.45) is 0 Å². The lowest BCUT2D eigenvalue weighted by Crippen LogP contribution is -2.48. The lowest BCUT2D eigenvalue weighted by molar-refractivity contribution is -0.158. The maximum absolute atomic E-state index is 13.8. The summed E-state index contributed by atoms with van der Waals surface area (Å²) in [4.78, 5) is 26.9. The number of ether oxygens (including phenoxy) is 1. The summed E-state index contributed by atoms with van der Waals surface area (Å²) in [6.07, 6.45) is 5.69. The number of hydrogen-bond donors (Lipinski definition) is 3. The first kappa shape index (κ1) is 26.1. The second-order valence-corrected chi connectivity index (χ2v) is 9.13. The number of terminal acetylenes is 1. The molecule has 184 valence electrons. The molecule has 0 bridgehead atoms. The van der Waals surface area contributed by atoms with Crippen LogP contribution in [0.4, 0.5) is 0 Å². The molecule has 3 N–H and O–H groups in total. The Morgan fingerprint density at radius 1 is 0.861 bits per heavy atom. The van der Waals surface area contributed by atoms with Crippen molar-refractivity contribution in [3.63, 3.8) is 0 Å². The first-order chi connectivity index (χ1) is 17.3. The van der Waals surface area contributed by atoms with Crippen molar-refractivity contribution in [2.75, 3.05) is 0 Å². The molecule has 0 unspecified atom stereocenters. The predicted molar refractivity (Wildman–Crippen MR) is 142 cm³/mol. The van der Waals surface area contributed by atoms with Crippen molar-refractivity contribution < 1.29 is 14.3 Å². The zero-order chi connectivity index (χ0) is 26.0. The first-order valence-electron chi connectivity index (χ1n) is 11.7. The van der Waals surface area contributed by atoms with Crippen LogP contribution in [-0.4, -0.2) is 23.5 Å². The third-order valence-electron chi connectivity index (χ3n) is 5.14. The molecule has 6 heteroatoms. The molecule has 3 aromatic rings. The number of benzene rings is 3. The van der Waals surface area contributed by atoms with Crippen LogP contribution in [0.1, 0.15) is 37.5 Å². The van der Waals surface area contributed by atoms with E-state index in [9.17, 15) is 9.59 Å². The van der Waals surface area contributed by atoms with E-state index in [2.05, 4.69) is 22.2 Å². The van der Waals surface area contributed by atoms with Crippen molar-refractivity contribution in [1.82, 2.24) is 16.2 Å². The predicted octanol–water partition coefficient (Wildman–Crippen LogP) is 4.20. The third-order valence-corrected chi connectivity index (χ3v) is 5.14. The Hall–Kier alpha value is -4.50. The van der Waals surface area contributed by atoms with Gasteiger partial charge in [0.05, 0.1) is 0 Å². The van der Waals surface area contributed by atoms with Crippen LogP contribution in [0.3, 0.4) is 0 Å². The van der Waals surface area contributed by atoms with Gasteiger partial charge in [-0.1, -0.05) is 97.4 Å². The zero-order valence-electron chi connectivity index (χ0n) is 20.7. The fraction of sp³-hybridized carbons (Fsp3) is 0.200. The van der Waals surface area contributed by atoms with E-state index in [1.807, 2.05) is 91.0 Å². The van der Waals surface area contributed by atoms with Gasteiger partial charge in [0.15, 0.2) is 0 Å². The van der Waals surface area contributed by atoms with Crippen LogP contribution < -0.4 is 16.2 Å². The van der Waals surface area contributed by atoms with E-state index in [4.69, 9.17) is 11.2 Å². The van der Waals surface area contributed by atoms with Crippen LogP contribution in [0.25, 0.3) is 5.57 Å². The Kier molecular flexibility index (Phi) is 8.90. The molecule has 0 heterocycles. The quantitative estimate of drug-likeness (QED) is 0.140. The molecule has 0 aliphatic rings. The topological polar surface area (TPSA) is 79.5 Å². The lowest BCUT2D eigenvalue weighted by Gasteiger charge is -2.25. The second-order valence-electron chi connectivity index (χ2n) is 9.13. The summed E-state index contributed by atoms with van der Waals surface area (Å²) >= 11 is 0. The molecule has 3 rings (SSSR count). The van der Waals surface area contributed by atoms with E-state index in [-0.39, 0.29) is 12.1 Å². The molecule has 36 heavy (non-hydrogen) atoms. The number of hydrogen-bond acceptors (Lipinski definition) is 5. The van der Waals surface area contributed by atoms with Gasteiger partial charge in [0.25, 0.3) is 5.91 Å². The fourth-order valence-corrected chi connectivity index (χ4v) is 3.64. The minimum atomic E-state index is -0.922. The Labute approximate surface area is 212 Å². The average molecular weight is 482 g/mol. The summed E-state index contributed by atoms with van der Waals surface area (Å²) in [6, 6.07) is 29.8. The summed E-state index contributed by atoms with van der Waals surface area (Å²) in [5.74, 6) is -1.03. The van der Waals surface area contributed by atoms with Gasteiger partial charge in [-0.2, -0.15) is 0 Å². The largest absolute Gasteiger partial charge is 0.458 e. The van der Waals surface area contributed by atoms with Gasteiger partial charge in [0.1, 0.15) is 17.3 Å². The summed E-state index contributed by atoms with van der Waals surface area (Å²) < 4.78 is 5.63.